The van der Waals surface area contributed by atoms with Gasteiger partial charge in [-0.2, -0.15) is 0 Å². The van der Waals surface area contributed by atoms with Crippen LogP contribution in [-0.4, -0.2) is 25.6 Å². The Morgan fingerprint density at radius 3 is 2.50 bits per heavy atom. The first kappa shape index (κ1) is 18.9. The van der Waals surface area contributed by atoms with Gasteiger partial charge >= 0.3 is 0 Å². The predicted octanol–water partition coefficient (Wildman–Crippen LogP) is 4.43. The highest BCUT2D eigenvalue weighted by molar-refractivity contribution is 7.90. The summed E-state index contributed by atoms with van der Waals surface area (Å²) in [4.78, 5) is 13.4. The minimum Gasteiger partial charge on any atom is -0.360 e. The van der Waals surface area contributed by atoms with Crippen molar-refractivity contribution in [1.29, 1.82) is 0 Å². The first-order valence-corrected chi connectivity index (χ1v) is 11.2. The smallest absolute Gasteiger partial charge is 0.198 e. The molecule has 0 bridgehead atoms. The van der Waals surface area contributed by atoms with E-state index in [1.165, 1.54) is 12.3 Å². The summed E-state index contributed by atoms with van der Waals surface area (Å²) in [5.74, 6) is 0.665. The van der Waals surface area contributed by atoms with Gasteiger partial charge < -0.3 is 4.52 Å². The molecule has 7 heteroatoms. The monoisotopic (exact) mass is 415 g/mol. The fourth-order valence-corrected chi connectivity index (χ4v) is 3.99. The zero-order valence-electron chi connectivity index (χ0n) is 15.2. The van der Waals surface area contributed by atoms with Crippen LogP contribution in [0.3, 0.4) is 0 Å². The molecular weight excluding hydrogens is 398 g/mol. The number of rotatable bonds is 6. The molecule has 1 fully saturated rings. The Hall–Kier alpha value is -2.44. The predicted molar refractivity (Wildman–Crippen MR) is 106 cm³/mol. The van der Waals surface area contributed by atoms with E-state index in [0.29, 0.717) is 33.9 Å². The summed E-state index contributed by atoms with van der Waals surface area (Å²) >= 11 is 5.95. The maximum absolute atomic E-state index is 13.2. The van der Waals surface area contributed by atoms with Crippen molar-refractivity contribution in [3.05, 3.63) is 81.7 Å². The van der Waals surface area contributed by atoms with Gasteiger partial charge in [0.25, 0.3) is 0 Å². The lowest BCUT2D eigenvalue weighted by Crippen LogP contribution is -2.09. The average Bonchev–Trinajstić information content (AvgIpc) is 3.39. The molecule has 0 amide bonds. The molecule has 0 spiro atoms. The third-order valence-electron chi connectivity index (χ3n) is 4.85. The third kappa shape index (κ3) is 3.88. The van der Waals surface area contributed by atoms with Crippen LogP contribution in [0.5, 0.6) is 0 Å². The van der Waals surface area contributed by atoms with Gasteiger partial charge in [-0.1, -0.05) is 28.9 Å². The van der Waals surface area contributed by atoms with Gasteiger partial charge in [-0.05, 0) is 60.7 Å². The molecular formula is C21H18ClNO4S. The molecule has 3 aromatic rings. The van der Waals surface area contributed by atoms with Crippen LogP contribution in [0.4, 0.5) is 0 Å². The van der Waals surface area contributed by atoms with Gasteiger partial charge in [0.2, 0.25) is 0 Å². The fourth-order valence-electron chi connectivity index (χ4n) is 3.19. The van der Waals surface area contributed by atoms with E-state index < -0.39 is 9.84 Å². The zero-order chi connectivity index (χ0) is 19.9. The van der Waals surface area contributed by atoms with Gasteiger partial charge in [0.05, 0.1) is 16.7 Å². The number of carbonyl (C=O) groups excluding carboxylic acids is 1. The normalized spacial score (nSPS) is 14.2. The molecule has 28 heavy (non-hydrogen) atoms. The number of ketones is 1. The molecule has 1 aliphatic rings. The summed E-state index contributed by atoms with van der Waals surface area (Å²) in [6, 6.07) is 11.9. The molecule has 0 N–H and O–H groups in total. The van der Waals surface area contributed by atoms with Crippen molar-refractivity contribution in [3.8, 4) is 0 Å². The molecule has 2 aromatic carbocycles. The van der Waals surface area contributed by atoms with Gasteiger partial charge in [0.1, 0.15) is 0 Å². The number of nitrogens with zero attached hydrogens (tertiary/aromatic N) is 1. The lowest BCUT2D eigenvalue weighted by Gasteiger charge is -2.11. The summed E-state index contributed by atoms with van der Waals surface area (Å²) in [5.41, 5.74) is 2.47. The van der Waals surface area contributed by atoms with Gasteiger partial charge in [-0.3, -0.25) is 4.79 Å². The van der Waals surface area contributed by atoms with Gasteiger partial charge in [-0.25, -0.2) is 8.42 Å². The highest BCUT2D eigenvalue weighted by Crippen LogP contribution is 2.42. The van der Waals surface area contributed by atoms with Crippen LogP contribution in [0.15, 0.2) is 58.1 Å². The number of benzene rings is 2. The topological polar surface area (TPSA) is 77.2 Å². The molecule has 5 nitrogen and oxygen atoms in total. The van der Waals surface area contributed by atoms with Crippen LogP contribution >= 0.6 is 11.6 Å². The maximum Gasteiger partial charge on any atom is 0.198 e. The lowest BCUT2D eigenvalue weighted by molar-refractivity contribution is 0.103. The summed E-state index contributed by atoms with van der Waals surface area (Å²) in [6.45, 7) is 0. The number of aromatic nitrogens is 1. The number of carbonyl (C=O) groups is 1. The van der Waals surface area contributed by atoms with Gasteiger partial charge in [-0.15, -0.1) is 0 Å². The Kier molecular flexibility index (Phi) is 4.85. The van der Waals surface area contributed by atoms with Gasteiger partial charge in [0, 0.05) is 22.8 Å². The van der Waals surface area contributed by atoms with Crippen LogP contribution in [0, 0.1) is 0 Å². The highest BCUT2D eigenvalue weighted by atomic mass is 35.5. The Bertz CT molecular complexity index is 1150. The summed E-state index contributed by atoms with van der Waals surface area (Å²) in [6.07, 6.45) is 4.99. The highest BCUT2D eigenvalue weighted by Gasteiger charge is 2.33. The quantitative estimate of drug-likeness (QED) is 0.556. The van der Waals surface area contributed by atoms with Crippen LogP contribution < -0.4 is 0 Å². The molecule has 0 unspecified atom stereocenters. The SMILES string of the molecule is CS(=O)(=O)c1ccc(C(=O)c2cnoc2C2CC2)c(Cc2ccc(Cl)cc2)c1. The Morgan fingerprint density at radius 2 is 1.86 bits per heavy atom. The summed E-state index contributed by atoms with van der Waals surface area (Å²) in [5, 5.41) is 4.42. The van der Waals surface area contributed by atoms with Crippen molar-refractivity contribution in [2.75, 3.05) is 6.26 Å². The molecule has 144 valence electrons. The number of sulfone groups is 1. The molecule has 0 aliphatic heterocycles. The average molecular weight is 416 g/mol. The summed E-state index contributed by atoms with van der Waals surface area (Å²) < 4.78 is 29.3. The molecule has 1 aliphatic carbocycles. The zero-order valence-corrected chi connectivity index (χ0v) is 16.8. The first-order valence-electron chi connectivity index (χ1n) is 8.89. The Balaban J connectivity index is 1.78. The van der Waals surface area contributed by atoms with E-state index in [1.807, 2.05) is 12.1 Å². The molecule has 4 rings (SSSR count). The van der Waals surface area contributed by atoms with E-state index in [2.05, 4.69) is 5.16 Å². The first-order chi connectivity index (χ1) is 13.3. The molecule has 0 atom stereocenters. The van der Waals surface area contributed by atoms with E-state index in [9.17, 15) is 13.2 Å². The largest absolute Gasteiger partial charge is 0.360 e. The summed E-state index contributed by atoms with van der Waals surface area (Å²) in [7, 11) is -3.40. The van der Waals surface area contributed by atoms with Crippen molar-refractivity contribution in [2.45, 2.75) is 30.1 Å². The third-order valence-corrected chi connectivity index (χ3v) is 6.21. The Morgan fingerprint density at radius 1 is 1.14 bits per heavy atom. The van der Waals surface area contributed by atoms with E-state index in [0.717, 1.165) is 24.7 Å². The minimum atomic E-state index is -3.40. The van der Waals surface area contributed by atoms with Crippen molar-refractivity contribution in [2.24, 2.45) is 0 Å². The Labute approximate surface area is 168 Å². The molecule has 1 heterocycles. The van der Waals surface area contributed by atoms with Crippen LogP contribution in [0.2, 0.25) is 5.02 Å². The second kappa shape index (κ2) is 7.18. The van der Waals surface area contributed by atoms with E-state index in [1.54, 1.807) is 24.3 Å². The fraction of sp³-hybridized carbons (Fsp3) is 0.238. The van der Waals surface area contributed by atoms with Crippen molar-refractivity contribution >= 4 is 27.2 Å². The second-order valence-corrected chi connectivity index (χ2v) is 9.55. The second-order valence-electron chi connectivity index (χ2n) is 7.10. The number of hydrogen-bond acceptors (Lipinski definition) is 5. The molecule has 1 aromatic heterocycles. The van der Waals surface area contributed by atoms with Crippen molar-refractivity contribution in [3.63, 3.8) is 0 Å². The van der Waals surface area contributed by atoms with E-state index >= 15 is 0 Å². The molecule has 0 saturated heterocycles. The molecule has 0 radical (unpaired) electrons. The van der Waals surface area contributed by atoms with Crippen molar-refractivity contribution in [1.82, 2.24) is 5.16 Å². The number of halogens is 1. The number of hydrogen-bond donors (Lipinski definition) is 0. The minimum absolute atomic E-state index is 0.181. The van der Waals surface area contributed by atoms with E-state index in [-0.39, 0.29) is 16.6 Å². The van der Waals surface area contributed by atoms with Gasteiger partial charge in [0.15, 0.2) is 21.4 Å². The standard InChI is InChI=1S/C21H18ClNO4S/c1-28(25,26)17-8-9-18(15(11-17)10-13-2-6-16(22)7-3-13)20(24)19-12-23-27-21(19)14-4-5-14/h2-3,6-9,11-12,14H,4-5,10H2,1H3. The van der Waals surface area contributed by atoms with Crippen LogP contribution in [-0.2, 0) is 16.3 Å². The van der Waals surface area contributed by atoms with E-state index in [4.69, 9.17) is 16.1 Å². The molecule has 1 saturated carbocycles. The van der Waals surface area contributed by atoms with Crippen LogP contribution in [0.25, 0.3) is 0 Å². The maximum atomic E-state index is 13.2. The lowest BCUT2D eigenvalue weighted by atomic mass is 9.94. The van der Waals surface area contributed by atoms with Crippen LogP contribution in [0.1, 0.15) is 51.6 Å². The van der Waals surface area contributed by atoms with Crippen molar-refractivity contribution < 1.29 is 17.7 Å².